The van der Waals surface area contributed by atoms with Crippen LogP contribution in [-0.2, 0) is 0 Å². The van der Waals surface area contributed by atoms with E-state index in [2.05, 4.69) is 47.5 Å². The number of benzene rings is 1. The van der Waals surface area contributed by atoms with E-state index in [0.29, 0.717) is 34.0 Å². The molecule has 1 aliphatic carbocycles. The molecule has 2 aliphatic rings. The smallest absolute Gasteiger partial charge is 0.294 e. The van der Waals surface area contributed by atoms with Crippen molar-refractivity contribution in [2.75, 3.05) is 18.4 Å². The first-order chi connectivity index (χ1) is 16.8. The number of hydrogen-bond donors (Lipinski definition) is 2. The summed E-state index contributed by atoms with van der Waals surface area (Å²) in [6.07, 6.45) is 9.32. The largest absolute Gasteiger partial charge is 0.374 e. The van der Waals surface area contributed by atoms with Crippen LogP contribution in [-0.4, -0.2) is 51.8 Å². The number of nitro benzene ring substituents is 1. The molecule has 0 radical (unpaired) electrons. The molecule has 1 aliphatic heterocycles. The minimum absolute atomic E-state index is 0.161. The van der Waals surface area contributed by atoms with Crippen molar-refractivity contribution >= 4 is 55.0 Å². The number of carbonyl (C=O) groups excluding carboxylic acids is 2. The normalized spacial score (nSPS) is 20.2. The highest BCUT2D eigenvalue weighted by molar-refractivity contribution is 9.10. The van der Waals surface area contributed by atoms with Crippen LogP contribution in [0, 0.1) is 10.1 Å². The number of aromatic nitrogens is 1. The molecule has 11 heteroatoms. The van der Waals surface area contributed by atoms with Gasteiger partial charge in [0.2, 0.25) is 0 Å². The van der Waals surface area contributed by atoms with Crippen LogP contribution in [0.2, 0.25) is 0 Å². The summed E-state index contributed by atoms with van der Waals surface area (Å²) in [6, 6.07) is 4.24. The highest BCUT2D eigenvalue weighted by atomic mass is 79.9. The lowest BCUT2D eigenvalue weighted by atomic mass is 9.89. The number of likely N-dealkylation sites (tertiary alicyclic amines) is 1. The Morgan fingerprint density at radius 3 is 2.37 bits per heavy atom. The van der Waals surface area contributed by atoms with Gasteiger partial charge in [-0.3, -0.25) is 24.7 Å². The molecule has 0 unspecified atom stereocenters. The fraction of sp³-hybridized carbons (Fsp3) is 0.458. The molecule has 2 heterocycles. The third-order valence-electron chi connectivity index (χ3n) is 6.53. The molecule has 0 spiro atoms. The van der Waals surface area contributed by atoms with Crippen LogP contribution in [0.25, 0.3) is 0 Å². The number of halogens is 2. The lowest BCUT2D eigenvalue weighted by Gasteiger charge is -2.34. The Morgan fingerprint density at radius 2 is 1.69 bits per heavy atom. The molecule has 0 bridgehead atoms. The number of pyridine rings is 1. The van der Waals surface area contributed by atoms with E-state index >= 15 is 0 Å². The number of amides is 2. The Bertz CT molecular complexity index is 1120. The zero-order valence-corrected chi connectivity index (χ0v) is 22.3. The molecule has 2 aromatic rings. The van der Waals surface area contributed by atoms with Crippen LogP contribution in [0.4, 0.5) is 11.4 Å². The molecule has 1 aromatic carbocycles. The van der Waals surface area contributed by atoms with Gasteiger partial charge in [-0.25, -0.2) is 0 Å². The third kappa shape index (κ3) is 6.19. The molecule has 35 heavy (non-hydrogen) atoms. The second kappa shape index (κ2) is 11.5. The summed E-state index contributed by atoms with van der Waals surface area (Å²) in [7, 11) is 0. The van der Waals surface area contributed by atoms with Crippen molar-refractivity contribution in [3.05, 3.63) is 60.8 Å². The van der Waals surface area contributed by atoms with Gasteiger partial charge in [0, 0.05) is 52.6 Å². The third-order valence-corrected chi connectivity index (χ3v) is 7.42. The topological polar surface area (TPSA) is 117 Å². The Kier molecular flexibility index (Phi) is 8.38. The summed E-state index contributed by atoms with van der Waals surface area (Å²) in [5.74, 6) is -0.472. The SMILES string of the molecule is O=C(N[C@H]1CCCC[C@H]1Nc1c(C(=O)N2CCCCC2)cc(Br)cc1[N+](=O)[O-])c1cncc(Br)c1. The van der Waals surface area contributed by atoms with Gasteiger partial charge in [-0.05, 0) is 60.2 Å². The van der Waals surface area contributed by atoms with Gasteiger partial charge in [0.05, 0.1) is 16.1 Å². The second-order valence-electron chi connectivity index (χ2n) is 8.96. The number of nitrogens with one attached hydrogen (secondary N) is 2. The number of piperidine rings is 1. The molecule has 2 atom stereocenters. The van der Waals surface area contributed by atoms with Crippen LogP contribution >= 0.6 is 31.9 Å². The zero-order valence-electron chi connectivity index (χ0n) is 19.1. The van der Waals surface area contributed by atoms with Crippen molar-refractivity contribution in [3.8, 4) is 0 Å². The summed E-state index contributed by atoms with van der Waals surface area (Å²) in [6.45, 7) is 1.28. The van der Waals surface area contributed by atoms with E-state index in [-0.39, 0.29) is 40.8 Å². The molecular weight excluding hydrogens is 582 g/mol. The molecule has 1 saturated carbocycles. The highest BCUT2D eigenvalue weighted by Crippen LogP contribution is 2.36. The molecule has 2 fully saturated rings. The van der Waals surface area contributed by atoms with Crippen LogP contribution in [0.3, 0.4) is 0 Å². The number of carbonyl (C=O) groups is 2. The van der Waals surface area contributed by atoms with Gasteiger partial charge < -0.3 is 15.5 Å². The molecule has 1 saturated heterocycles. The molecule has 1 aromatic heterocycles. The van der Waals surface area contributed by atoms with E-state index in [4.69, 9.17) is 0 Å². The van der Waals surface area contributed by atoms with E-state index in [1.807, 2.05) is 0 Å². The van der Waals surface area contributed by atoms with E-state index < -0.39 is 4.92 Å². The van der Waals surface area contributed by atoms with Gasteiger partial charge >= 0.3 is 0 Å². The van der Waals surface area contributed by atoms with Crippen molar-refractivity contribution in [2.45, 2.75) is 57.0 Å². The Labute approximate surface area is 220 Å². The number of nitro groups is 1. The first-order valence-corrected chi connectivity index (χ1v) is 13.4. The van der Waals surface area contributed by atoms with Gasteiger partial charge in [0.25, 0.3) is 17.5 Å². The van der Waals surface area contributed by atoms with E-state index in [1.165, 1.54) is 12.3 Å². The van der Waals surface area contributed by atoms with E-state index in [0.717, 1.165) is 38.5 Å². The number of nitrogens with zero attached hydrogens (tertiary/aromatic N) is 3. The maximum Gasteiger partial charge on any atom is 0.294 e. The monoisotopic (exact) mass is 607 g/mol. The average Bonchev–Trinajstić information content (AvgIpc) is 2.85. The van der Waals surface area contributed by atoms with Crippen molar-refractivity contribution in [1.82, 2.24) is 15.2 Å². The van der Waals surface area contributed by atoms with Crippen molar-refractivity contribution in [2.24, 2.45) is 0 Å². The Balaban J connectivity index is 1.63. The zero-order chi connectivity index (χ0) is 24.9. The summed E-state index contributed by atoms with van der Waals surface area (Å²) in [5.41, 5.74) is 0.759. The molecule has 186 valence electrons. The number of rotatable bonds is 6. The van der Waals surface area contributed by atoms with Crippen LogP contribution in [0.1, 0.15) is 65.7 Å². The minimum Gasteiger partial charge on any atom is -0.374 e. The van der Waals surface area contributed by atoms with Gasteiger partial charge in [-0.2, -0.15) is 0 Å². The number of hydrogen-bond acceptors (Lipinski definition) is 6. The van der Waals surface area contributed by atoms with Gasteiger partial charge in [0.15, 0.2) is 0 Å². The first kappa shape index (κ1) is 25.6. The molecule has 4 rings (SSSR count). The fourth-order valence-corrected chi connectivity index (χ4v) is 5.58. The van der Waals surface area contributed by atoms with Gasteiger partial charge in [0.1, 0.15) is 5.69 Å². The van der Waals surface area contributed by atoms with E-state index in [1.54, 1.807) is 23.2 Å². The fourth-order valence-electron chi connectivity index (χ4n) is 4.77. The van der Waals surface area contributed by atoms with Crippen LogP contribution in [0.5, 0.6) is 0 Å². The molecule has 9 nitrogen and oxygen atoms in total. The molecule has 2 N–H and O–H groups in total. The van der Waals surface area contributed by atoms with Crippen LogP contribution < -0.4 is 10.6 Å². The average molecular weight is 609 g/mol. The maximum absolute atomic E-state index is 13.4. The summed E-state index contributed by atoms with van der Waals surface area (Å²) in [4.78, 5) is 43.6. The summed E-state index contributed by atoms with van der Waals surface area (Å²) >= 11 is 6.67. The van der Waals surface area contributed by atoms with Crippen molar-refractivity contribution < 1.29 is 14.5 Å². The maximum atomic E-state index is 13.4. The van der Waals surface area contributed by atoms with Crippen molar-refractivity contribution in [3.63, 3.8) is 0 Å². The Hall–Kier alpha value is -2.53. The Morgan fingerprint density at radius 1 is 0.971 bits per heavy atom. The van der Waals surface area contributed by atoms with Crippen LogP contribution in [0.15, 0.2) is 39.5 Å². The highest BCUT2D eigenvalue weighted by Gasteiger charge is 2.33. The summed E-state index contributed by atoms with van der Waals surface area (Å²) < 4.78 is 1.18. The number of anilines is 1. The molecule has 2 amide bonds. The van der Waals surface area contributed by atoms with Gasteiger partial charge in [-0.1, -0.05) is 28.8 Å². The second-order valence-corrected chi connectivity index (χ2v) is 10.8. The quantitative estimate of drug-likeness (QED) is 0.340. The standard InChI is InChI=1S/C24H27Br2N5O4/c25-16-11-18(24(33)30-8-4-1-5-9-30)22(21(12-16)31(34)35)28-19-6-2-3-7-20(19)29-23(32)15-10-17(26)14-27-13-15/h10-14,19-20,28H,1-9H2,(H,29,32)/t19-,20+/m1/s1. The van der Waals surface area contributed by atoms with E-state index in [9.17, 15) is 19.7 Å². The first-order valence-electron chi connectivity index (χ1n) is 11.8. The lowest BCUT2D eigenvalue weighted by Crippen LogP contribution is -2.49. The molecular formula is C24H27Br2N5O4. The lowest BCUT2D eigenvalue weighted by molar-refractivity contribution is -0.384. The van der Waals surface area contributed by atoms with Gasteiger partial charge in [-0.15, -0.1) is 0 Å². The predicted octanol–water partition coefficient (Wildman–Crippen LogP) is 5.29. The summed E-state index contributed by atoms with van der Waals surface area (Å²) in [5, 5.41) is 18.4. The predicted molar refractivity (Wildman–Crippen MR) is 140 cm³/mol. The van der Waals surface area contributed by atoms with Crippen molar-refractivity contribution in [1.29, 1.82) is 0 Å². The minimum atomic E-state index is -0.469.